The van der Waals surface area contributed by atoms with E-state index in [1.807, 2.05) is 16.8 Å². The van der Waals surface area contributed by atoms with Gasteiger partial charge in [0.25, 0.3) is 0 Å². The summed E-state index contributed by atoms with van der Waals surface area (Å²) >= 11 is 0. The predicted molar refractivity (Wildman–Crippen MR) is 106 cm³/mol. The smallest absolute Gasteiger partial charge is 0.209 e. The van der Waals surface area contributed by atoms with Crippen molar-refractivity contribution in [2.24, 2.45) is 5.92 Å². The Hall–Kier alpha value is -2.19. The maximum atomic E-state index is 5.42. The summed E-state index contributed by atoms with van der Waals surface area (Å²) in [5, 5.41) is 12.7. The van der Waals surface area contributed by atoms with E-state index in [4.69, 9.17) is 9.47 Å². The standard InChI is InChI=1S/C20H32N6O2/c1-15(2)19(25-12-10-24(3)11-13-25)20-21-22-23-26(20)9-8-16-6-7-17(27-4)18(14-16)28-5/h6-7,14-15,19H,8-13H2,1-5H3/p+2/t19-/m1/s1. The number of rotatable bonds is 8. The molecule has 1 aromatic heterocycles. The molecule has 1 aliphatic heterocycles. The first-order chi connectivity index (χ1) is 13.5. The summed E-state index contributed by atoms with van der Waals surface area (Å²) in [5.41, 5.74) is 1.18. The molecular weight excluding hydrogens is 356 g/mol. The van der Waals surface area contributed by atoms with Crippen molar-refractivity contribution in [1.82, 2.24) is 20.2 Å². The number of hydrogen-bond acceptors (Lipinski definition) is 5. The summed E-state index contributed by atoms with van der Waals surface area (Å²) in [6, 6.07) is 6.37. The molecule has 2 N–H and O–H groups in total. The Morgan fingerprint density at radius 3 is 2.43 bits per heavy atom. The summed E-state index contributed by atoms with van der Waals surface area (Å²) in [7, 11) is 5.59. The average Bonchev–Trinajstić information content (AvgIpc) is 3.15. The zero-order chi connectivity index (χ0) is 20.1. The minimum absolute atomic E-state index is 0.327. The number of benzene rings is 1. The Labute approximate surface area is 167 Å². The molecule has 3 rings (SSSR count). The molecule has 154 valence electrons. The molecule has 2 heterocycles. The minimum Gasteiger partial charge on any atom is -0.493 e. The van der Waals surface area contributed by atoms with E-state index >= 15 is 0 Å². The topological polar surface area (TPSA) is 70.9 Å². The van der Waals surface area contributed by atoms with Gasteiger partial charge in [0.1, 0.15) is 26.2 Å². The molecule has 0 bridgehead atoms. The summed E-state index contributed by atoms with van der Waals surface area (Å²) < 4.78 is 12.7. The molecule has 1 fully saturated rings. The quantitative estimate of drug-likeness (QED) is 0.608. The summed E-state index contributed by atoms with van der Waals surface area (Å²) in [5.74, 6) is 2.99. The van der Waals surface area contributed by atoms with Crippen LogP contribution in [0.25, 0.3) is 0 Å². The number of ether oxygens (including phenoxy) is 2. The fraction of sp³-hybridized carbons (Fsp3) is 0.650. The van der Waals surface area contributed by atoms with Crippen molar-refractivity contribution < 1.29 is 19.3 Å². The van der Waals surface area contributed by atoms with Gasteiger partial charge in [-0.15, -0.1) is 5.10 Å². The van der Waals surface area contributed by atoms with Gasteiger partial charge in [-0.05, 0) is 34.5 Å². The van der Waals surface area contributed by atoms with E-state index in [0.29, 0.717) is 12.0 Å². The first-order valence-electron chi connectivity index (χ1n) is 10.2. The second-order valence-electron chi connectivity index (χ2n) is 8.04. The molecule has 8 nitrogen and oxygen atoms in total. The van der Waals surface area contributed by atoms with Gasteiger partial charge in [0.15, 0.2) is 17.5 Å². The highest BCUT2D eigenvalue weighted by Gasteiger charge is 2.35. The Kier molecular flexibility index (Phi) is 6.85. The summed E-state index contributed by atoms with van der Waals surface area (Å²) in [4.78, 5) is 3.21. The lowest BCUT2D eigenvalue weighted by Crippen LogP contribution is -3.27. The zero-order valence-corrected chi connectivity index (χ0v) is 17.7. The average molecular weight is 391 g/mol. The molecule has 28 heavy (non-hydrogen) atoms. The maximum Gasteiger partial charge on any atom is 0.209 e. The van der Waals surface area contributed by atoms with E-state index < -0.39 is 0 Å². The fourth-order valence-corrected chi connectivity index (χ4v) is 4.13. The number of nitrogens with one attached hydrogen (secondary N) is 2. The van der Waals surface area contributed by atoms with E-state index in [9.17, 15) is 0 Å². The van der Waals surface area contributed by atoms with Crippen molar-refractivity contribution in [2.75, 3.05) is 47.4 Å². The van der Waals surface area contributed by atoms with Gasteiger partial charge in [-0.1, -0.05) is 19.9 Å². The zero-order valence-electron chi connectivity index (χ0n) is 17.7. The van der Waals surface area contributed by atoms with Gasteiger partial charge in [0, 0.05) is 12.5 Å². The van der Waals surface area contributed by atoms with Gasteiger partial charge in [0.2, 0.25) is 5.82 Å². The van der Waals surface area contributed by atoms with Crippen LogP contribution in [0.2, 0.25) is 0 Å². The van der Waals surface area contributed by atoms with Crippen LogP contribution in [0, 0.1) is 5.92 Å². The molecule has 1 atom stereocenters. The Morgan fingerprint density at radius 2 is 1.79 bits per heavy atom. The largest absolute Gasteiger partial charge is 0.493 e. The van der Waals surface area contributed by atoms with Gasteiger partial charge in [-0.25, -0.2) is 4.68 Å². The molecule has 1 aromatic carbocycles. The van der Waals surface area contributed by atoms with Gasteiger partial charge < -0.3 is 19.3 Å². The number of nitrogens with zero attached hydrogens (tertiary/aromatic N) is 4. The van der Waals surface area contributed by atoms with Crippen molar-refractivity contribution in [2.45, 2.75) is 32.9 Å². The Morgan fingerprint density at radius 1 is 1.07 bits per heavy atom. The van der Waals surface area contributed by atoms with E-state index in [2.05, 4.69) is 42.5 Å². The third kappa shape index (κ3) is 4.62. The van der Waals surface area contributed by atoms with Crippen LogP contribution in [0.3, 0.4) is 0 Å². The van der Waals surface area contributed by atoms with Crippen LogP contribution < -0.4 is 19.3 Å². The highest BCUT2D eigenvalue weighted by molar-refractivity contribution is 5.42. The number of methoxy groups -OCH3 is 2. The Balaban J connectivity index is 1.73. The van der Waals surface area contributed by atoms with Crippen LogP contribution in [0.5, 0.6) is 11.5 Å². The van der Waals surface area contributed by atoms with Gasteiger partial charge >= 0.3 is 0 Å². The van der Waals surface area contributed by atoms with E-state index in [1.54, 1.807) is 24.0 Å². The molecule has 1 saturated heterocycles. The predicted octanol–water partition coefficient (Wildman–Crippen LogP) is -0.957. The number of tetrazole rings is 1. The molecule has 0 radical (unpaired) electrons. The molecular formula is C20H34N6O2+2. The number of aromatic nitrogens is 4. The van der Waals surface area contributed by atoms with Gasteiger partial charge in [-0.3, -0.25) is 0 Å². The fourth-order valence-electron chi connectivity index (χ4n) is 4.13. The summed E-state index contributed by atoms with van der Waals surface area (Å²) in [6.45, 7) is 10.0. The lowest BCUT2D eigenvalue weighted by Gasteiger charge is -2.34. The van der Waals surface area contributed by atoms with Gasteiger partial charge in [-0.2, -0.15) is 0 Å². The molecule has 1 aliphatic rings. The summed E-state index contributed by atoms with van der Waals surface area (Å²) in [6.07, 6.45) is 0.839. The lowest BCUT2D eigenvalue weighted by molar-refractivity contribution is -1.02. The number of hydrogen-bond donors (Lipinski definition) is 2. The number of piperazine rings is 1. The molecule has 8 heteroatoms. The number of aryl methyl sites for hydroxylation is 2. The molecule has 0 aliphatic carbocycles. The molecule has 2 aromatic rings. The van der Waals surface area contributed by atoms with Crippen molar-refractivity contribution in [3.8, 4) is 11.5 Å². The van der Waals surface area contributed by atoms with Gasteiger partial charge in [0.05, 0.1) is 21.3 Å². The highest BCUT2D eigenvalue weighted by Crippen LogP contribution is 2.28. The van der Waals surface area contributed by atoms with E-state index in [1.165, 1.54) is 18.7 Å². The van der Waals surface area contributed by atoms with Crippen molar-refractivity contribution in [3.63, 3.8) is 0 Å². The molecule has 0 amide bonds. The van der Waals surface area contributed by atoms with Crippen molar-refractivity contribution >= 4 is 0 Å². The van der Waals surface area contributed by atoms with Crippen LogP contribution in [0.15, 0.2) is 18.2 Å². The second-order valence-corrected chi connectivity index (χ2v) is 8.04. The highest BCUT2D eigenvalue weighted by atomic mass is 16.5. The Bertz CT molecular complexity index is 755. The van der Waals surface area contributed by atoms with Crippen molar-refractivity contribution in [1.29, 1.82) is 0 Å². The number of quaternary nitrogens is 2. The van der Waals surface area contributed by atoms with Crippen LogP contribution in [-0.4, -0.2) is 67.7 Å². The molecule has 0 saturated carbocycles. The van der Waals surface area contributed by atoms with Crippen LogP contribution in [0.1, 0.15) is 31.3 Å². The normalized spacial score (nSPS) is 20.9. The van der Waals surface area contributed by atoms with Crippen molar-refractivity contribution in [3.05, 3.63) is 29.6 Å². The van der Waals surface area contributed by atoms with E-state index in [0.717, 1.165) is 43.4 Å². The first-order valence-corrected chi connectivity index (χ1v) is 10.2. The third-order valence-electron chi connectivity index (χ3n) is 5.75. The maximum absolute atomic E-state index is 5.42. The van der Waals surface area contributed by atoms with Crippen LogP contribution in [-0.2, 0) is 13.0 Å². The third-order valence-corrected chi connectivity index (χ3v) is 5.75. The second kappa shape index (κ2) is 9.34. The van der Waals surface area contributed by atoms with Crippen LogP contribution >= 0.6 is 0 Å². The van der Waals surface area contributed by atoms with E-state index in [-0.39, 0.29) is 0 Å². The SMILES string of the molecule is COc1ccc(CCn2nnnc2[C@@H](C(C)C)[NH+]2CC[NH+](C)CC2)cc1OC. The minimum atomic E-state index is 0.327. The monoisotopic (exact) mass is 390 g/mol. The first kappa shape index (κ1) is 20.5. The number of likely N-dealkylation sites (N-methyl/N-ethyl adjacent to an activating group) is 1. The lowest BCUT2D eigenvalue weighted by atomic mass is 10.0. The van der Waals surface area contributed by atoms with Crippen LogP contribution in [0.4, 0.5) is 0 Å². The molecule has 0 unspecified atom stereocenters. The molecule has 0 spiro atoms.